The summed E-state index contributed by atoms with van der Waals surface area (Å²) in [6, 6.07) is 9.91. The van der Waals surface area contributed by atoms with Crippen LogP contribution < -0.4 is 15.4 Å². The van der Waals surface area contributed by atoms with Crippen molar-refractivity contribution in [2.75, 3.05) is 10.6 Å². The number of hydrogen-bond acceptors (Lipinski definition) is 7. The highest BCUT2D eigenvalue weighted by Crippen LogP contribution is 2.32. The van der Waals surface area contributed by atoms with E-state index < -0.39 is 28.5 Å². The zero-order valence-electron chi connectivity index (χ0n) is 18.3. The molecule has 0 saturated heterocycles. The lowest BCUT2D eigenvalue weighted by Crippen LogP contribution is -2.23. The fourth-order valence-electron chi connectivity index (χ4n) is 3.91. The minimum Gasteiger partial charge on any atom is -0.406 e. The SMILES string of the molecule is O=[N+]([O-])c1cc(F)ccc1Nc1cc(-c2cccc(OC(F)(F)F)c2)nc(NC2CCCCC2)n1. The van der Waals surface area contributed by atoms with E-state index in [0.717, 1.165) is 44.2 Å². The van der Waals surface area contributed by atoms with Gasteiger partial charge in [0, 0.05) is 17.7 Å². The number of benzene rings is 2. The lowest BCUT2D eigenvalue weighted by molar-refractivity contribution is -0.384. The van der Waals surface area contributed by atoms with Crippen molar-refractivity contribution in [2.45, 2.75) is 44.5 Å². The van der Waals surface area contributed by atoms with Crippen LogP contribution in [0.1, 0.15) is 32.1 Å². The van der Waals surface area contributed by atoms with Gasteiger partial charge in [-0.25, -0.2) is 9.37 Å². The maximum atomic E-state index is 13.6. The molecule has 1 fully saturated rings. The van der Waals surface area contributed by atoms with E-state index in [1.165, 1.54) is 30.3 Å². The fraction of sp³-hybridized carbons (Fsp3) is 0.304. The van der Waals surface area contributed by atoms with Crippen LogP contribution in [-0.4, -0.2) is 27.3 Å². The Balaban J connectivity index is 1.71. The highest BCUT2D eigenvalue weighted by molar-refractivity contribution is 5.72. The van der Waals surface area contributed by atoms with E-state index in [-0.39, 0.29) is 29.2 Å². The quantitative estimate of drug-likeness (QED) is 0.219. The molecule has 3 aromatic rings. The Labute approximate surface area is 197 Å². The van der Waals surface area contributed by atoms with Crippen molar-refractivity contribution >= 4 is 23.1 Å². The minimum atomic E-state index is -4.85. The van der Waals surface area contributed by atoms with Crippen molar-refractivity contribution in [3.8, 4) is 17.0 Å². The Kier molecular flexibility index (Phi) is 6.99. The summed E-state index contributed by atoms with van der Waals surface area (Å²) < 4.78 is 55.6. The maximum absolute atomic E-state index is 13.6. The van der Waals surface area contributed by atoms with E-state index in [1.54, 1.807) is 6.07 Å². The van der Waals surface area contributed by atoms with E-state index in [9.17, 15) is 27.7 Å². The third kappa shape index (κ3) is 6.55. The van der Waals surface area contributed by atoms with Crippen molar-refractivity contribution in [1.82, 2.24) is 9.97 Å². The van der Waals surface area contributed by atoms with Gasteiger partial charge in [-0.2, -0.15) is 4.98 Å². The monoisotopic (exact) mass is 491 g/mol. The molecule has 0 atom stereocenters. The van der Waals surface area contributed by atoms with Crippen molar-refractivity contribution in [1.29, 1.82) is 0 Å². The van der Waals surface area contributed by atoms with Crippen molar-refractivity contribution in [3.05, 3.63) is 64.5 Å². The summed E-state index contributed by atoms with van der Waals surface area (Å²) in [6.45, 7) is 0. The molecule has 0 aliphatic heterocycles. The Hall–Kier alpha value is -3.96. The standard InChI is InChI=1S/C23H21F4N5O3/c24-15-9-10-18(20(12-15)32(33)34)29-21-13-19(14-5-4-8-17(11-14)35-23(25,26)27)30-22(31-21)28-16-6-2-1-3-7-16/h4-5,8-13,16H,1-3,6-7H2,(H2,28,29,30,31). The van der Waals surface area contributed by atoms with Gasteiger partial charge in [0.25, 0.3) is 5.69 Å². The smallest absolute Gasteiger partial charge is 0.406 e. The molecule has 0 unspecified atom stereocenters. The highest BCUT2D eigenvalue weighted by atomic mass is 19.4. The van der Waals surface area contributed by atoms with Gasteiger partial charge in [-0.1, -0.05) is 31.4 Å². The number of nitro groups is 1. The molecule has 8 nitrogen and oxygen atoms in total. The molecule has 35 heavy (non-hydrogen) atoms. The van der Waals surface area contributed by atoms with E-state index in [0.29, 0.717) is 5.56 Å². The van der Waals surface area contributed by atoms with Crippen LogP contribution in [0.25, 0.3) is 11.3 Å². The van der Waals surface area contributed by atoms with Crippen LogP contribution >= 0.6 is 0 Å². The summed E-state index contributed by atoms with van der Waals surface area (Å²) in [5.74, 6) is -0.834. The third-order valence-corrected chi connectivity index (χ3v) is 5.45. The molecule has 0 bridgehead atoms. The molecule has 2 N–H and O–H groups in total. The maximum Gasteiger partial charge on any atom is 0.573 e. The first-order valence-corrected chi connectivity index (χ1v) is 10.9. The lowest BCUT2D eigenvalue weighted by atomic mass is 9.96. The van der Waals surface area contributed by atoms with E-state index in [4.69, 9.17) is 0 Å². The van der Waals surface area contributed by atoms with Gasteiger partial charge in [0.2, 0.25) is 5.95 Å². The lowest BCUT2D eigenvalue weighted by Gasteiger charge is -2.23. The molecular weight excluding hydrogens is 470 g/mol. The molecule has 4 rings (SSSR count). The minimum absolute atomic E-state index is 0.00109. The third-order valence-electron chi connectivity index (χ3n) is 5.45. The van der Waals surface area contributed by atoms with Crippen LogP contribution in [0, 0.1) is 15.9 Å². The van der Waals surface area contributed by atoms with Gasteiger partial charge in [0.15, 0.2) is 0 Å². The average molecular weight is 491 g/mol. The number of nitrogens with one attached hydrogen (secondary N) is 2. The van der Waals surface area contributed by atoms with Crippen LogP contribution in [0.2, 0.25) is 0 Å². The summed E-state index contributed by atoms with van der Waals surface area (Å²) in [7, 11) is 0. The zero-order chi connectivity index (χ0) is 25.0. The largest absolute Gasteiger partial charge is 0.573 e. The van der Waals surface area contributed by atoms with Crippen LogP contribution in [0.15, 0.2) is 48.5 Å². The molecule has 1 aliphatic carbocycles. The van der Waals surface area contributed by atoms with Gasteiger partial charge in [0.05, 0.1) is 16.7 Å². The molecule has 0 radical (unpaired) electrons. The Morgan fingerprint density at radius 2 is 1.80 bits per heavy atom. The van der Waals surface area contributed by atoms with Gasteiger partial charge in [-0.05, 0) is 37.1 Å². The molecule has 184 valence electrons. The molecule has 1 saturated carbocycles. The second-order valence-corrected chi connectivity index (χ2v) is 8.06. The topological polar surface area (TPSA) is 102 Å². The van der Waals surface area contributed by atoms with Gasteiger partial charge >= 0.3 is 6.36 Å². The second-order valence-electron chi connectivity index (χ2n) is 8.06. The number of rotatable bonds is 7. The number of nitrogens with zero attached hydrogens (tertiary/aromatic N) is 3. The molecule has 0 amide bonds. The molecule has 1 aliphatic rings. The number of halogens is 4. The summed E-state index contributed by atoms with van der Waals surface area (Å²) in [6.07, 6.45) is 0.184. The first-order valence-electron chi connectivity index (χ1n) is 10.9. The molecule has 1 aromatic heterocycles. The van der Waals surface area contributed by atoms with E-state index in [1.807, 2.05) is 0 Å². The number of aromatic nitrogens is 2. The highest BCUT2D eigenvalue weighted by Gasteiger charge is 2.31. The summed E-state index contributed by atoms with van der Waals surface area (Å²) in [5, 5.41) is 17.4. The zero-order valence-corrected chi connectivity index (χ0v) is 18.3. The van der Waals surface area contributed by atoms with Crippen LogP contribution in [0.3, 0.4) is 0 Å². The average Bonchev–Trinajstić information content (AvgIpc) is 2.80. The number of alkyl halides is 3. The van der Waals surface area contributed by atoms with Crippen molar-refractivity contribution in [2.24, 2.45) is 0 Å². The normalized spacial score (nSPS) is 14.4. The molecule has 0 spiro atoms. The second kappa shape index (κ2) is 10.1. The predicted molar refractivity (Wildman–Crippen MR) is 121 cm³/mol. The molecule has 1 heterocycles. The van der Waals surface area contributed by atoms with Crippen LogP contribution in [-0.2, 0) is 0 Å². The van der Waals surface area contributed by atoms with Crippen LogP contribution in [0.5, 0.6) is 5.75 Å². The van der Waals surface area contributed by atoms with Crippen molar-refractivity contribution in [3.63, 3.8) is 0 Å². The Morgan fingerprint density at radius 3 is 2.51 bits per heavy atom. The summed E-state index contributed by atoms with van der Waals surface area (Å²) in [5.41, 5.74) is 0.0852. The molecular formula is C23H21F4N5O3. The van der Waals surface area contributed by atoms with Gasteiger partial charge in [-0.3, -0.25) is 10.1 Å². The number of anilines is 3. The first kappa shape index (κ1) is 24.2. The molecule has 2 aromatic carbocycles. The number of ether oxygens (including phenoxy) is 1. The first-order chi connectivity index (χ1) is 16.7. The summed E-state index contributed by atoms with van der Waals surface area (Å²) in [4.78, 5) is 19.5. The molecule has 12 heteroatoms. The van der Waals surface area contributed by atoms with E-state index >= 15 is 0 Å². The Morgan fingerprint density at radius 1 is 1.03 bits per heavy atom. The van der Waals surface area contributed by atoms with E-state index in [2.05, 4.69) is 25.3 Å². The number of hydrogen-bond donors (Lipinski definition) is 2. The van der Waals surface area contributed by atoms with Gasteiger partial charge in [0.1, 0.15) is 23.1 Å². The predicted octanol–water partition coefficient (Wildman–Crippen LogP) is 6.58. The van der Waals surface area contributed by atoms with Crippen molar-refractivity contribution < 1.29 is 27.2 Å². The van der Waals surface area contributed by atoms with Gasteiger partial charge in [-0.15, -0.1) is 13.2 Å². The number of nitro benzene ring substituents is 1. The fourth-order valence-corrected chi connectivity index (χ4v) is 3.91. The van der Waals surface area contributed by atoms with Crippen LogP contribution in [0.4, 0.5) is 40.7 Å². The Bertz CT molecular complexity index is 1220. The summed E-state index contributed by atoms with van der Waals surface area (Å²) >= 11 is 0. The van der Waals surface area contributed by atoms with Gasteiger partial charge < -0.3 is 15.4 Å².